The zero-order valence-electron chi connectivity index (χ0n) is 15.1. The van der Waals surface area contributed by atoms with Gasteiger partial charge in [-0.2, -0.15) is 0 Å². The van der Waals surface area contributed by atoms with Gasteiger partial charge in [0.15, 0.2) is 6.61 Å². The Balaban J connectivity index is 1.50. The summed E-state index contributed by atoms with van der Waals surface area (Å²) in [6.45, 7) is 2.97. The van der Waals surface area contributed by atoms with Crippen molar-refractivity contribution in [1.29, 1.82) is 0 Å². The summed E-state index contributed by atoms with van der Waals surface area (Å²) in [7, 11) is 0. The predicted molar refractivity (Wildman–Crippen MR) is 102 cm³/mol. The summed E-state index contributed by atoms with van der Waals surface area (Å²) in [5.74, 6) is -2.74. The van der Waals surface area contributed by atoms with Crippen LogP contribution in [0.15, 0.2) is 42.5 Å². The minimum absolute atomic E-state index is 0.151. The molecule has 0 atom stereocenters. The topological polar surface area (TPSA) is 70.1 Å². The molecule has 2 aromatic carbocycles. The Morgan fingerprint density at radius 2 is 1.75 bits per heavy atom. The van der Waals surface area contributed by atoms with E-state index in [0.29, 0.717) is 31.2 Å². The number of hydrogen-bond donors (Lipinski definition) is 1. The van der Waals surface area contributed by atoms with E-state index < -0.39 is 17.3 Å². The van der Waals surface area contributed by atoms with Crippen LogP contribution in [0.3, 0.4) is 0 Å². The number of aromatic carboxylic acids is 1. The Bertz CT molecular complexity index is 852. The van der Waals surface area contributed by atoms with E-state index in [1.807, 2.05) is 24.3 Å². The Morgan fingerprint density at radius 3 is 2.39 bits per heavy atom. The summed E-state index contributed by atoms with van der Waals surface area (Å²) in [5.41, 5.74) is 0.586. The Kier molecular flexibility index (Phi) is 6.49. The average Bonchev–Trinajstić information content (AvgIpc) is 2.68. The van der Waals surface area contributed by atoms with Gasteiger partial charge in [-0.1, -0.05) is 29.8 Å². The van der Waals surface area contributed by atoms with E-state index in [0.717, 1.165) is 18.2 Å². The van der Waals surface area contributed by atoms with E-state index in [1.54, 1.807) is 4.90 Å². The zero-order chi connectivity index (χ0) is 20.1. The van der Waals surface area contributed by atoms with Crippen molar-refractivity contribution in [2.45, 2.75) is 6.54 Å². The summed E-state index contributed by atoms with van der Waals surface area (Å²) >= 11 is 5.90. The smallest absolute Gasteiger partial charge is 0.342 e. The summed E-state index contributed by atoms with van der Waals surface area (Å²) in [4.78, 5) is 27.4. The lowest BCUT2D eigenvalue weighted by atomic mass is 10.2. The van der Waals surface area contributed by atoms with Gasteiger partial charge in [-0.25, -0.2) is 9.18 Å². The molecule has 1 heterocycles. The lowest BCUT2D eigenvalue weighted by Gasteiger charge is -2.34. The number of piperazine rings is 1. The Labute approximate surface area is 167 Å². The average molecular weight is 407 g/mol. The van der Waals surface area contributed by atoms with Crippen molar-refractivity contribution < 1.29 is 23.8 Å². The molecule has 1 fully saturated rings. The number of carbonyl (C=O) groups excluding carboxylic acids is 1. The summed E-state index contributed by atoms with van der Waals surface area (Å²) in [5, 5.41) is 9.80. The maximum atomic E-state index is 13.7. The van der Waals surface area contributed by atoms with Crippen molar-refractivity contribution in [3.8, 4) is 5.75 Å². The van der Waals surface area contributed by atoms with Crippen molar-refractivity contribution in [1.82, 2.24) is 9.80 Å². The van der Waals surface area contributed by atoms with Gasteiger partial charge in [-0.15, -0.1) is 0 Å². The van der Waals surface area contributed by atoms with Gasteiger partial charge in [-0.05, 0) is 29.8 Å². The van der Waals surface area contributed by atoms with Crippen LogP contribution < -0.4 is 4.74 Å². The predicted octanol–water partition coefficient (Wildman–Crippen LogP) is 2.90. The van der Waals surface area contributed by atoms with Crippen molar-refractivity contribution in [3.05, 3.63) is 64.4 Å². The van der Waals surface area contributed by atoms with Crippen molar-refractivity contribution >= 4 is 23.5 Å². The second kappa shape index (κ2) is 9.03. The normalized spacial score (nSPS) is 14.7. The fourth-order valence-corrected chi connectivity index (χ4v) is 3.19. The van der Waals surface area contributed by atoms with E-state index in [2.05, 4.69) is 4.90 Å². The minimum Gasteiger partial charge on any atom is -0.483 e. The molecule has 3 rings (SSSR count). The van der Waals surface area contributed by atoms with Gasteiger partial charge >= 0.3 is 5.97 Å². The maximum Gasteiger partial charge on any atom is 0.342 e. The van der Waals surface area contributed by atoms with Crippen molar-refractivity contribution in [3.63, 3.8) is 0 Å². The van der Waals surface area contributed by atoms with Crippen LogP contribution >= 0.6 is 11.6 Å². The number of halogens is 2. The molecule has 148 valence electrons. The van der Waals surface area contributed by atoms with E-state index in [9.17, 15) is 14.0 Å². The molecule has 0 saturated carbocycles. The monoisotopic (exact) mass is 406 g/mol. The highest BCUT2D eigenvalue weighted by Gasteiger charge is 2.23. The van der Waals surface area contributed by atoms with Gasteiger partial charge in [0.1, 0.15) is 17.1 Å². The molecular weight excluding hydrogens is 387 g/mol. The van der Waals surface area contributed by atoms with Crippen LogP contribution in [-0.2, 0) is 11.3 Å². The molecule has 0 aromatic heterocycles. The van der Waals surface area contributed by atoms with Gasteiger partial charge in [-0.3, -0.25) is 9.69 Å². The van der Waals surface area contributed by atoms with E-state index >= 15 is 0 Å². The van der Waals surface area contributed by atoms with E-state index in [-0.39, 0.29) is 18.3 Å². The third-order valence-electron chi connectivity index (χ3n) is 4.58. The fraction of sp³-hybridized carbons (Fsp3) is 0.300. The van der Waals surface area contributed by atoms with Gasteiger partial charge in [0.2, 0.25) is 0 Å². The van der Waals surface area contributed by atoms with Crippen LogP contribution in [0, 0.1) is 5.82 Å². The van der Waals surface area contributed by atoms with Crippen LogP contribution in [0.1, 0.15) is 15.9 Å². The van der Waals surface area contributed by atoms with Gasteiger partial charge in [0.05, 0.1) is 0 Å². The summed E-state index contributed by atoms with van der Waals surface area (Å²) < 4.78 is 18.9. The third kappa shape index (κ3) is 4.99. The van der Waals surface area contributed by atoms with E-state index in [4.69, 9.17) is 21.4 Å². The minimum atomic E-state index is -1.43. The molecule has 1 aliphatic heterocycles. The number of hydrogen-bond acceptors (Lipinski definition) is 4. The molecule has 2 aromatic rings. The maximum absolute atomic E-state index is 13.7. The quantitative estimate of drug-likeness (QED) is 0.798. The molecule has 0 unspecified atom stereocenters. The molecular formula is C20H20ClFN2O4. The molecule has 28 heavy (non-hydrogen) atoms. The zero-order valence-corrected chi connectivity index (χ0v) is 15.9. The molecule has 0 spiro atoms. The highest BCUT2D eigenvalue weighted by molar-refractivity contribution is 6.30. The first-order chi connectivity index (χ1) is 13.4. The second-order valence-corrected chi connectivity index (χ2v) is 6.93. The van der Waals surface area contributed by atoms with Crippen molar-refractivity contribution in [2.75, 3.05) is 32.8 Å². The number of ether oxygens (including phenoxy) is 1. The first-order valence-corrected chi connectivity index (χ1v) is 9.21. The second-order valence-electron chi connectivity index (χ2n) is 6.49. The van der Waals surface area contributed by atoms with Gasteiger partial charge in [0.25, 0.3) is 5.91 Å². The standard InChI is InChI=1S/C20H20ClFN2O4/c21-15-6-4-14(5-7-15)12-23-8-10-24(11-9-23)18(25)13-28-17-3-1-2-16(22)19(17)20(26)27/h1-7H,8-13H2,(H,26,27). The number of carboxylic acids is 1. The van der Waals surface area contributed by atoms with Crippen LogP contribution in [0.2, 0.25) is 5.02 Å². The van der Waals surface area contributed by atoms with Gasteiger partial charge in [0, 0.05) is 37.7 Å². The molecule has 1 saturated heterocycles. The summed E-state index contributed by atoms with van der Waals surface area (Å²) in [6.07, 6.45) is 0. The highest BCUT2D eigenvalue weighted by Crippen LogP contribution is 2.21. The number of amides is 1. The number of benzene rings is 2. The van der Waals surface area contributed by atoms with E-state index in [1.165, 1.54) is 12.1 Å². The van der Waals surface area contributed by atoms with Crippen LogP contribution in [0.25, 0.3) is 0 Å². The molecule has 1 amide bonds. The van der Waals surface area contributed by atoms with Crippen molar-refractivity contribution in [2.24, 2.45) is 0 Å². The lowest BCUT2D eigenvalue weighted by molar-refractivity contribution is -0.135. The first-order valence-electron chi connectivity index (χ1n) is 8.83. The third-order valence-corrected chi connectivity index (χ3v) is 4.84. The van der Waals surface area contributed by atoms with Crippen LogP contribution in [0.5, 0.6) is 5.75 Å². The molecule has 1 N–H and O–H groups in total. The first kappa shape index (κ1) is 20.1. The number of carbonyl (C=O) groups is 2. The Hall–Kier alpha value is -2.64. The van der Waals surface area contributed by atoms with Gasteiger partial charge < -0.3 is 14.7 Å². The molecule has 6 nitrogen and oxygen atoms in total. The number of carboxylic acid groups (broad SMARTS) is 1. The molecule has 8 heteroatoms. The number of nitrogens with zero attached hydrogens (tertiary/aromatic N) is 2. The summed E-state index contributed by atoms with van der Waals surface area (Å²) in [6, 6.07) is 11.4. The van der Waals surface area contributed by atoms with Crippen LogP contribution in [0.4, 0.5) is 4.39 Å². The van der Waals surface area contributed by atoms with Crippen LogP contribution in [-0.4, -0.2) is 59.6 Å². The molecule has 1 aliphatic rings. The molecule has 0 bridgehead atoms. The lowest BCUT2D eigenvalue weighted by Crippen LogP contribution is -2.49. The molecule has 0 aliphatic carbocycles. The molecule has 0 radical (unpaired) electrons. The fourth-order valence-electron chi connectivity index (χ4n) is 3.07. The largest absolute Gasteiger partial charge is 0.483 e. The SMILES string of the molecule is O=C(O)c1c(F)cccc1OCC(=O)N1CCN(Cc2ccc(Cl)cc2)CC1. The number of rotatable bonds is 6. The highest BCUT2D eigenvalue weighted by atomic mass is 35.5. The Morgan fingerprint density at radius 1 is 1.07 bits per heavy atom.